The molecule has 0 radical (unpaired) electrons. The molecule has 1 aromatic heterocycles. The highest BCUT2D eigenvalue weighted by Crippen LogP contribution is 2.34. The van der Waals surface area contributed by atoms with Crippen molar-refractivity contribution in [1.82, 2.24) is 9.29 Å². The molecule has 1 fully saturated rings. The zero-order valence-electron chi connectivity index (χ0n) is 18.4. The zero-order valence-corrected chi connectivity index (χ0v) is 20.0. The van der Waals surface area contributed by atoms with Crippen molar-refractivity contribution in [3.05, 3.63) is 74.7 Å². The van der Waals surface area contributed by atoms with Crippen LogP contribution in [0.15, 0.2) is 46.7 Å². The van der Waals surface area contributed by atoms with E-state index in [0.29, 0.717) is 18.0 Å². The van der Waals surface area contributed by atoms with Gasteiger partial charge in [0.05, 0.1) is 17.1 Å². The van der Waals surface area contributed by atoms with Crippen LogP contribution in [0.4, 0.5) is 0 Å². The Morgan fingerprint density at radius 1 is 1.06 bits per heavy atom. The third kappa shape index (κ3) is 5.00. The van der Waals surface area contributed by atoms with E-state index in [1.165, 1.54) is 22.5 Å². The quantitative estimate of drug-likeness (QED) is 0.461. The summed E-state index contributed by atoms with van der Waals surface area (Å²) in [6.07, 6.45) is 1.80. The fourth-order valence-corrected chi connectivity index (χ4v) is 5.91. The second-order valence-corrected chi connectivity index (χ2v) is 11.2. The number of sulfonamides is 1. The average molecular weight is 457 g/mol. The van der Waals surface area contributed by atoms with Gasteiger partial charge < -0.3 is 4.74 Å². The van der Waals surface area contributed by atoms with Crippen LogP contribution in [0, 0.1) is 27.7 Å². The summed E-state index contributed by atoms with van der Waals surface area (Å²) in [5.74, 6) is 0.871. The zero-order chi connectivity index (χ0) is 22.2. The normalized spacial score (nSPS) is 14.2. The molecule has 7 heteroatoms. The Labute approximate surface area is 188 Å². The van der Waals surface area contributed by atoms with Crippen LogP contribution >= 0.6 is 11.3 Å². The van der Waals surface area contributed by atoms with Gasteiger partial charge in [0.2, 0.25) is 10.0 Å². The second-order valence-electron chi connectivity index (χ2n) is 8.32. The highest BCUT2D eigenvalue weighted by Gasteiger charge is 2.38. The maximum atomic E-state index is 13.2. The number of hydrogen-bond donors (Lipinski definition) is 0. The predicted octanol–water partition coefficient (Wildman–Crippen LogP) is 5.31. The summed E-state index contributed by atoms with van der Waals surface area (Å²) in [4.78, 5) is 5.00. The van der Waals surface area contributed by atoms with E-state index in [2.05, 4.69) is 31.8 Å². The van der Waals surface area contributed by atoms with Gasteiger partial charge in [0.1, 0.15) is 17.4 Å². The number of aryl methyl sites for hydroxylation is 3. The van der Waals surface area contributed by atoms with Crippen LogP contribution in [0.1, 0.15) is 45.8 Å². The first-order valence-electron chi connectivity index (χ1n) is 10.5. The lowest BCUT2D eigenvalue weighted by molar-refractivity contribution is 0.302. The van der Waals surface area contributed by atoms with E-state index < -0.39 is 10.0 Å². The molecule has 0 bridgehead atoms. The largest absolute Gasteiger partial charge is 0.486 e. The van der Waals surface area contributed by atoms with Crippen LogP contribution in [-0.4, -0.2) is 23.7 Å². The van der Waals surface area contributed by atoms with Gasteiger partial charge in [0.15, 0.2) is 0 Å². The van der Waals surface area contributed by atoms with Crippen LogP contribution < -0.4 is 4.74 Å². The molecule has 1 saturated carbocycles. The monoisotopic (exact) mass is 456 g/mol. The average Bonchev–Trinajstić information content (AvgIpc) is 3.46. The van der Waals surface area contributed by atoms with E-state index >= 15 is 0 Å². The highest BCUT2D eigenvalue weighted by molar-refractivity contribution is 7.89. The number of aromatic nitrogens is 1. The Hall–Kier alpha value is -2.22. The standard InChI is InChI=1S/C24H28N2O3S2/c1-16-5-9-22(10-6-16)31(27,28)26(21-7-8-21)13-20-15-30-24(25-20)14-29-23-12-17(2)11-18(3)19(23)4/h5-6,9-12,15,21H,7-8,13-14H2,1-4H3. The summed E-state index contributed by atoms with van der Waals surface area (Å²) < 4.78 is 34.1. The Morgan fingerprint density at radius 3 is 2.45 bits per heavy atom. The van der Waals surface area contributed by atoms with Crippen LogP contribution in [0.5, 0.6) is 5.75 Å². The molecule has 0 saturated heterocycles. The molecule has 4 rings (SSSR count). The smallest absolute Gasteiger partial charge is 0.243 e. The predicted molar refractivity (Wildman–Crippen MR) is 124 cm³/mol. The minimum Gasteiger partial charge on any atom is -0.486 e. The van der Waals surface area contributed by atoms with Gasteiger partial charge in [-0.3, -0.25) is 0 Å². The van der Waals surface area contributed by atoms with Gasteiger partial charge in [-0.25, -0.2) is 13.4 Å². The topological polar surface area (TPSA) is 59.5 Å². The Balaban J connectivity index is 1.47. The molecule has 0 atom stereocenters. The van der Waals surface area contributed by atoms with E-state index in [4.69, 9.17) is 4.74 Å². The summed E-state index contributed by atoms with van der Waals surface area (Å²) in [5.41, 5.74) is 5.31. The minimum atomic E-state index is -3.55. The first-order valence-corrected chi connectivity index (χ1v) is 12.8. The summed E-state index contributed by atoms with van der Waals surface area (Å²) in [6, 6.07) is 11.3. The van der Waals surface area contributed by atoms with E-state index in [1.807, 2.05) is 30.5 Å². The first kappa shape index (κ1) is 22.0. The SMILES string of the molecule is Cc1ccc(S(=O)(=O)N(Cc2csc(COc3cc(C)cc(C)c3C)n2)C2CC2)cc1. The van der Waals surface area contributed by atoms with E-state index in [9.17, 15) is 8.42 Å². The van der Waals surface area contributed by atoms with E-state index in [-0.39, 0.29) is 6.04 Å². The second kappa shape index (κ2) is 8.73. The number of rotatable bonds is 8. The van der Waals surface area contributed by atoms with Crippen molar-refractivity contribution in [3.63, 3.8) is 0 Å². The van der Waals surface area contributed by atoms with Gasteiger partial charge in [-0.05, 0) is 75.4 Å². The number of benzene rings is 2. The highest BCUT2D eigenvalue weighted by atomic mass is 32.2. The number of nitrogens with zero attached hydrogens (tertiary/aromatic N) is 2. The molecule has 2 aromatic carbocycles. The van der Waals surface area contributed by atoms with Crippen molar-refractivity contribution in [2.75, 3.05) is 0 Å². The summed E-state index contributed by atoms with van der Waals surface area (Å²) >= 11 is 1.51. The van der Waals surface area contributed by atoms with Crippen LogP contribution in [0.25, 0.3) is 0 Å². The Morgan fingerprint density at radius 2 is 1.77 bits per heavy atom. The minimum absolute atomic E-state index is 0.0608. The number of thiazole rings is 1. The molecular formula is C24H28N2O3S2. The lowest BCUT2D eigenvalue weighted by Crippen LogP contribution is -2.32. The molecular weight excluding hydrogens is 428 g/mol. The lowest BCUT2D eigenvalue weighted by atomic mass is 10.1. The van der Waals surface area contributed by atoms with Gasteiger partial charge in [0, 0.05) is 11.4 Å². The molecule has 0 spiro atoms. The van der Waals surface area contributed by atoms with Gasteiger partial charge in [0.25, 0.3) is 0 Å². The molecule has 1 aliphatic rings. The van der Waals surface area contributed by atoms with Gasteiger partial charge >= 0.3 is 0 Å². The maximum Gasteiger partial charge on any atom is 0.243 e. The van der Waals surface area contributed by atoms with Crippen molar-refractivity contribution in [3.8, 4) is 5.75 Å². The molecule has 5 nitrogen and oxygen atoms in total. The van der Waals surface area contributed by atoms with Gasteiger partial charge in [-0.2, -0.15) is 4.31 Å². The molecule has 0 aliphatic heterocycles. The van der Waals surface area contributed by atoms with Crippen LogP contribution in [-0.2, 0) is 23.2 Å². The maximum absolute atomic E-state index is 13.2. The van der Waals surface area contributed by atoms with Crippen LogP contribution in [0.2, 0.25) is 0 Å². The summed E-state index contributed by atoms with van der Waals surface area (Å²) in [7, 11) is -3.55. The van der Waals surface area contributed by atoms with Crippen molar-refractivity contribution in [2.24, 2.45) is 0 Å². The Bertz CT molecular complexity index is 1180. The fourth-order valence-electron chi connectivity index (χ4n) is 3.56. The van der Waals surface area contributed by atoms with Crippen molar-refractivity contribution in [2.45, 2.75) is 64.6 Å². The molecule has 1 aliphatic carbocycles. The van der Waals surface area contributed by atoms with Crippen molar-refractivity contribution < 1.29 is 13.2 Å². The Kier molecular flexibility index (Phi) is 6.19. The third-order valence-electron chi connectivity index (χ3n) is 5.61. The molecule has 0 N–H and O–H groups in total. The first-order chi connectivity index (χ1) is 14.7. The van der Waals surface area contributed by atoms with Gasteiger partial charge in [-0.1, -0.05) is 23.8 Å². The van der Waals surface area contributed by atoms with Gasteiger partial charge in [-0.15, -0.1) is 11.3 Å². The van der Waals surface area contributed by atoms with E-state index in [1.54, 1.807) is 16.4 Å². The molecule has 31 heavy (non-hydrogen) atoms. The van der Waals surface area contributed by atoms with Crippen LogP contribution in [0.3, 0.4) is 0 Å². The third-order valence-corrected chi connectivity index (χ3v) is 8.40. The molecule has 0 unspecified atom stereocenters. The summed E-state index contributed by atoms with van der Waals surface area (Å²) in [6.45, 7) is 8.82. The van der Waals surface area contributed by atoms with Crippen molar-refractivity contribution in [1.29, 1.82) is 0 Å². The molecule has 0 amide bonds. The fraction of sp³-hybridized carbons (Fsp3) is 0.375. The molecule has 1 heterocycles. The number of hydrogen-bond acceptors (Lipinski definition) is 5. The van der Waals surface area contributed by atoms with E-state index in [0.717, 1.165) is 40.4 Å². The molecule has 3 aromatic rings. The van der Waals surface area contributed by atoms with Crippen molar-refractivity contribution >= 4 is 21.4 Å². The summed E-state index contributed by atoms with van der Waals surface area (Å²) in [5, 5.41) is 2.78. The number of ether oxygens (including phenoxy) is 1. The molecule has 164 valence electrons. The lowest BCUT2D eigenvalue weighted by Gasteiger charge is -2.21.